The summed E-state index contributed by atoms with van der Waals surface area (Å²) in [5, 5.41) is 9.73. The van der Waals surface area contributed by atoms with E-state index < -0.39 is 11.7 Å². The molecule has 2 N–H and O–H groups in total. The summed E-state index contributed by atoms with van der Waals surface area (Å²) in [7, 11) is 0. The molecule has 0 saturated carbocycles. The Morgan fingerprint density at radius 2 is 1.96 bits per heavy atom. The smallest absolute Gasteiger partial charge is 0.266 e. The molecule has 120 valence electrons. The van der Waals surface area contributed by atoms with Crippen molar-refractivity contribution in [1.82, 2.24) is 4.57 Å². The van der Waals surface area contributed by atoms with Crippen LogP contribution in [0.5, 0.6) is 0 Å². The highest BCUT2D eigenvalue weighted by molar-refractivity contribution is 6.10. The van der Waals surface area contributed by atoms with Crippen molar-refractivity contribution in [3.05, 3.63) is 59.5 Å². The number of rotatable bonds is 3. The van der Waals surface area contributed by atoms with Crippen LogP contribution in [0, 0.1) is 17.1 Å². The standard InChI is InChI=1S/C19H16FN3O/c1-11(2)23-16-6-4-3-5-14(16)17(18(23)19(22)24)12-7-8-13(10-21)15(20)9-12/h3-9,11H,1-2H3,(H2,22,24). The van der Waals surface area contributed by atoms with Crippen molar-refractivity contribution in [3.8, 4) is 17.2 Å². The summed E-state index contributed by atoms with van der Waals surface area (Å²) in [5.74, 6) is -1.19. The molecule has 1 amide bonds. The molecule has 0 fully saturated rings. The molecule has 0 radical (unpaired) electrons. The largest absolute Gasteiger partial charge is 0.364 e. The Morgan fingerprint density at radius 3 is 2.54 bits per heavy atom. The predicted octanol–water partition coefficient (Wildman–Crippen LogP) is 4.00. The molecule has 2 aromatic carbocycles. The predicted molar refractivity (Wildman–Crippen MR) is 90.9 cm³/mol. The van der Waals surface area contributed by atoms with E-state index in [2.05, 4.69) is 0 Å². The number of para-hydroxylation sites is 1. The van der Waals surface area contributed by atoms with E-state index >= 15 is 0 Å². The third kappa shape index (κ3) is 2.33. The Balaban J connectivity index is 2.44. The normalized spacial score (nSPS) is 11.0. The average molecular weight is 321 g/mol. The number of fused-ring (bicyclic) bond motifs is 1. The average Bonchev–Trinajstić information content (AvgIpc) is 2.90. The molecule has 1 aromatic heterocycles. The maximum absolute atomic E-state index is 14.1. The van der Waals surface area contributed by atoms with Crippen LogP contribution < -0.4 is 5.73 Å². The van der Waals surface area contributed by atoms with E-state index in [1.807, 2.05) is 42.7 Å². The Labute approximate surface area is 138 Å². The third-order valence-electron chi connectivity index (χ3n) is 4.04. The van der Waals surface area contributed by atoms with Gasteiger partial charge in [-0.25, -0.2) is 4.39 Å². The Bertz CT molecular complexity index is 996. The maximum Gasteiger partial charge on any atom is 0.266 e. The molecule has 0 atom stereocenters. The first kappa shape index (κ1) is 15.8. The van der Waals surface area contributed by atoms with E-state index in [0.717, 1.165) is 10.9 Å². The fourth-order valence-electron chi connectivity index (χ4n) is 3.10. The van der Waals surface area contributed by atoms with Gasteiger partial charge in [0.15, 0.2) is 0 Å². The maximum atomic E-state index is 14.1. The number of primary amides is 1. The van der Waals surface area contributed by atoms with Gasteiger partial charge >= 0.3 is 0 Å². The lowest BCUT2D eigenvalue weighted by Gasteiger charge is -2.13. The Kier molecular flexibility index (Phi) is 3.82. The SMILES string of the molecule is CC(C)n1c(C(N)=O)c(-c2ccc(C#N)c(F)c2)c2ccccc21. The molecular formula is C19H16FN3O. The fourth-order valence-corrected chi connectivity index (χ4v) is 3.10. The van der Waals surface area contributed by atoms with Gasteiger partial charge in [-0.15, -0.1) is 0 Å². The van der Waals surface area contributed by atoms with Crippen LogP contribution in [0.3, 0.4) is 0 Å². The summed E-state index contributed by atoms with van der Waals surface area (Å²) in [4.78, 5) is 12.2. The van der Waals surface area contributed by atoms with Gasteiger partial charge in [0.1, 0.15) is 17.6 Å². The van der Waals surface area contributed by atoms with E-state index in [-0.39, 0.29) is 11.6 Å². The van der Waals surface area contributed by atoms with Crippen molar-refractivity contribution >= 4 is 16.8 Å². The van der Waals surface area contributed by atoms with Crippen LogP contribution in [0.4, 0.5) is 4.39 Å². The highest BCUT2D eigenvalue weighted by Gasteiger charge is 2.23. The lowest BCUT2D eigenvalue weighted by atomic mass is 10.00. The second-order valence-electron chi connectivity index (χ2n) is 5.88. The lowest BCUT2D eigenvalue weighted by molar-refractivity contribution is 0.0991. The van der Waals surface area contributed by atoms with Gasteiger partial charge in [0.25, 0.3) is 5.91 Å². The fraction of sp³-hybridized carbons (Fsp3) is 0.158. The van der Waals surface area contributed by atoms with Crippen LogP contribution in [0.1, 0.15) is 35.9 Å². The molecule has 0 saturated heterocycles. The number of carbonyl (C=O) groups excluding carboxylic acids is 1. The second-order valence-corrected chi connectivity index (χ2v) is 5.88. The minimum Gasteiger partial charge on any atom is -0.364 e. The minimum atomic E-state index is -0.619. The number of carbonyl (C=O) groups is 1. The van der Waals surface area contributed by atoms with Crippen molar-refractivity contribution in [3.63, 3.8) is 0 Å². The molecular weight excluding hydrogens is 305 g/mol. The number of amides is 1. The molecule has 5 heteroatoms. The van der Waals surface area contributed by atoms with Gasteiger partial charge in [0.05, 0.1) is 5.56 Å². The van der Waals surface area contributed by atoms with Crippen molar-refractivity contribution in [2.45, 2.75) is 19.9 Å². The molecule has 24 heavy (non-hydrogen) atoms. The Hall–Kier alpha value is -3.13. The summed E-state index contributed by atoms with van der Waals surface area (Å²) < 4.78 is 16.0. The molecule has 0 spiro atoms. The second kappa shape index (κ2) is 5.82. The van der Waals surface area contributed by atoms with Gasteiger partial charge in [-0.2, -0.15) is 5.26 Å². The van der Waals surface area contributed by atoms with E-state index in [4.69, 9.17) is 11.0 Å². The van der Waals surface area contributed by atoms with Crippen molar-refractivity contribution in [2.24, 2.45) is 5.73 Å². The molecule has 0 aliphatic carbocycles. The van der Waals surface area contributed by atoms with Gasteiger partial charge < -0.3 is 10.3 Å². The molecule has 4 nitrogen and oxygen atoms in total. The van der Waals surface area contributed by atoms with Crippen molar-refractivity contribution in [2.75, 3.05) is 0 Å². The summed E-state index contributed by atoms with van der Waals surface area (Å²) in [6.45, 7) is 3.92. The molecule has 3 aromatic rings. The highest BCUT2D eigenvalue weighted by Crippen LogP contribution is 2.37. The first-order valence-electron chi connectivity index (χ1n) is 7.58. The molecule has 0 aliphatic heterocycles. The van der Waals surface area contributed by atoms with E-state index in [9.17, 15) is 9.18 Å². The number of hydrogen-bond donors (Lipinski definition) is 1. The topological polar surface area (TPSA) is 71.8 Å². The number of halogens is 1. The lowest BCUT2D eigenvalue weighted by Crippen LogP contribution is -2.19. The zero-order chi connectivity index (χ0) is 17.4. The van der Waals surface area contributed by atoms with Crippen LogP contribution in [0.2, 0.25) is 0 Å². The van der Waals surface area contributed by atoms with Crippen LogP contribution in [0.25, 0.3) is 22.0 Å². The van der Waals surface area contributed by atoms with Gasteiger partial charge in [-0.3, -0.25) is 4.79 Å². The van der Waals surface area contributed by atoms with E-state index in [0.29, 0.717) is 16.8 Å². The van der Waals surface area contributed by atoms with Crippen LogP contribution in [-0.4, -0.2) is 10.5 Å². The van der Waals surface area contributed by atoms with Crippen LogP contribution >= 0.6 is 0 Å². The minimum absolute atomic E-state index is 0.00868. The van der Waals surface area contributed by atoms with Crippen molar-refractivity contribution in [1.29, 1.82) is 5.26 Å². The molecule has 3 rings (SSSR count). The number of benzene rings is 2. The monoisotopic (exact) mass is 321 g/mol. The quantitative estimate of drug-likeness (QED) is 0.792. The Morgan fingerprint density at radius 1 is 1.25 bits per heavy atom. The molecule has 1 heterocycles. The van der Waals surface area contributed by atoms with Gasteiger partial charge in [0, 0.05) is 22.5 Å². The molecule has 0 bridgehead atoms. The number of hydrogen-bond acceptors (Lipinski definition) is 2. The third-order valence-corrected chi connectivity index (χ3v) is 4.04. The zero-order valence-electron chi connectivity index (χ0n) is 13.4. The number of nitrogens with zero attached hydrogens (tertiary/aromatic N) is 2. The van der Waals surface area contributed by atoms with E-state index in [1.54, 1.807) is 12.1 Å². The summed E-state index contributed by atoms with van der Waals surface area (Å²) in [6, 6.07) is 13.7. The molecule has 0 unspecified atom stereocenters. The first-order chi connectivity index (χ1) is 11.5. The zero-order valence-corrected chi connectivity index (χ0v) is 13.4. The number of nitrogens with two attached hydrogens (primary N) is 1. The summed E-state index contributed by atoms with van der Waals surface area (Å²) in [6.07, 6.45) is 0. The number of nitriles is 1. The van der Waals surface area contributed by atoms with Crippen LogP contribution in [0.15, 0.2) is 42.5 Å². The number of aromatic nitrogens is 1. The summed E-state index contributed by atoms with van der Waals surface area (Å²) >= 11 is 0. The van der Waals surface area contributed by atoms with Gasteiger partial charge in [0.2, 0.25) is 0 Å². The van der Waals surface area contributed by atoms with Crippen LogP contribution in [-0.2, 0) is 0 Å². The summed E-state index contributed by atoms with van der Waals surface area (Å²) in [5.41, 5.74) is 7.93. The van der Waals surface area contributed by atoms with Crippen molar-refractivity contribution < 1.29 is 9.18 Å². The van der Waals surface area contributed by atoms with E-state index in [1.165, 1.54) is 12.1 Å². The van der Waals surface area contributed by atoms with Gasteiger partial charge in [-0.1, -0.05) is 24.3 Å². The first-order valence-corrected chi connectivity index (χ1v) is 7.58. The highest BCUT2D eigenvalue weighted by atomic mass is 19.1. The molecule has 0 aliphatic rings. The van der Waals surface area contributed by atoms with Gasteiger partial charge in [-0.05, 0) is 37.6 Å².